The summed E-state index contributed by atoms with van der Waals surface area (Å²) in [5.41, 5.74) is 0.169. The van der Waals surface area contributed by atoms with Crippen LogP contribution in [0.4, 0.5) is 0 Å². The first-order valence-corrected chi connectivity index (χ1v) is 24.3. The Labute approximate surface area is 249 Å². The summed E-state index contributed by atoms with van der Waals surface area (Å²) in [7, 11) is -5.17. The average molecular weight is 629 g/mol. The highest BCUT2D eigenvalue weighted by atomic mass is 31.2. The van der Waals surface area contributed by atoms with Crippen LogP contribution in [-0.2, 0) is 26.6 Å². The van der Waals surface area contributed by atoms with Gasteiger partial charge in [-0.15, -0.1) is 0 Å². The van der Waals surface area contributed by atoms with Gasteiger partial charge in [-0.05, 0) is 59.0 Å². The van der Waals surface area contributed by atoms with Gasteiger partial charge in [0.1, 0.15) is 5.82 Å². The van der Waals surface area contributed by atoms with Crippen molar-refractivity contribution >= 4 is 35.4 Å². The maximum atomic E-state index is 13.3. The monoisotopic (exact) mass is 628 g/mol. The number of aromatic amines is 1. The molecule has 0 aromatic carbocycles. The Morgan fingerprint density at radius 2 is 1.15 bits per heavy atom. The van der Waals surface area contributed by atoms with Crippen molar-refractivity contribution in [2.45, 2.75) is 143 Å². The van der Waals surface area contributed by atoms with Crippen LogP contribution in [0.3, 0.4) is 0 Å². The molecule has 0 spiro atoms. The number of hydrogen-bond donors (Lipinski definition) is 1. The molecular weight excluding hydrogens is 571 g/mol. The quantitative estimate of drug-likeness (QED) is 0.0850. The second kappa shape index (κ2) is 16.5. The average Bonchev–Trinajstić information content (AvgIpc) is 3.16. The summed E-state index contributed by atoms with van der Waals surface area (Å²) in [6.07, 6.45) is 17.4. The molecule has 9 nitrogen and oxygen atoms in total. The number of H-pyrrole nitrogens is 1. The molecule has 2 rings (SSSR count). The van der Waals surface area contributed by atoms with Gasteiger partial charge in [-0.2, -0.15) is 0 Å². The van der Waals surface area contributed by atoms with Gasteiger partial charge in [0.25, 0.3) is 5.56 Å². The van der Waals surface area contributed by atoms with Crippen molar-refractivity contribution in [2.75, 3.05) is 6.16 Å². The lowest BCUT2D eigenvalue weighted by atomic mass is 10.0. The Balaban J connectivity index is 1.48. The first kappa shape index (κ1) is 35.9. The Bertz CT molecular complexity index is 1220. The number of nitrogens with zero attached hydrogens (tertiary/aromatic N) is 3. The lowest BCUT2D eigenvalue weighted by molar-refractivity contribution is 0.380. The summed E-state index contributed by atoms with van der Waals surface area (Å²) in [6.45, 7) is 15.1. The molecule has 2 aromatic heterocycles. The van der Waals surface area contributed by atoms with Crippen molar-refractivity contribution in [3.8, 4) is 0 Å². The van der Waals surface area contributed by atoms with Gasteiger partial charge >= 0.3 is 13.3 Å². The minimum atomic E-state index is -2.98. The first-order chi connectivity index (χ1) is 19.1. The van der Waals surface area contributed by atoms with E-state index >= 15 is 0 Å². The van der Waals surface area contributed by atoms with E-state index in [-0.39, 0.29) is 5.56 Å². The van der Waals surface area contributed by atoms with E-state index in [1.54, 1.807) is 7.05 Å². The number of unbranched alkanes of at least 4 members (excludes halogenated alkanes) is 13. The normalized spacial score (nSPS) is 13.0. The fourth-order valence-corrected chi connectivity index (χ4v) is 13.8. The summed E-state index contributed by atoms with van der Waals surface area (Å²) < 4.78 is 28.8. The number of hydrogen-bond acceptors (Lipinski definition) is 6. The van der Waals surface area contributed by atoms with Crippen molar-refractivity contribution in [3.05, 3.63) is 26.7 Å². The van der Waals surface area contributed by atoms with E-state index in [4.69, 9.17) is 8.43 Å². The number of aromatic nitrogens is 4. The second-order valence-electron chi connectivity index (χ2n) is 13.5. The highest BCUT2D eigenvalue weighted by Crippen LogP contribution is 2.53. The van der Waals surface area contributed by atoms with Gasteiger partial charge in [-0.25, -0.2) is 9.78 Å². The van der Waals surface area contributed by atoms with Gasteiger partial charge in [-0.1, -0.05) is 77.0 Å². The smallest absolute Gasteiger partial charge is 0.329 e. The summed E-state index contributed by atoms with van der Waals surface area (Å²) in [5.74, 6) is 0.775. The van der Waals surface area contributed by atoms with Gasteiger partial charge in [0.2, 0.25) is 0 Å². The molecule has 0 unspecified atom stereocenters. The molecule has 0 radical (unpaired) electrons. The summed E-state index contributed by atoms with van der Waals surface area (Å²) >= 11 is 0. The molecule has 0 aliphatic heterocycles. The Morgan fingerprint density at radius 3 is 1.59 bits per heavy atom. The molecule has 0 saturated heterocycles. The van der Waals surface area contributed by atoms with E-state index in [1.165, 1.54) is 68.8 Å². The number of imidazole rings is 1. The van der Waals surface area contributed by atoms with E-state index in [2.05, 4.69) is 49.3 Å². The molecule has 0 aliphatic carbocycles. The van der Waals surface area contributed by atoms with Crippen molar-refractivity contribution in [2.24, 2.45) is 7.05 Å². The van der Waals surface area contributed by atoms with Crippen molar-refractivity contribution in [1.82, 2.24) is 19.1 Å². The van der Waals surface area contributed by atoms with Crippen molar-refractivity contribution < 1.29 is 13.0 Å². The Hall–Kier alpha value is -1.27. The van der Waals surface area contributed by atoms with Gasteiger partial charge < -0.3 is 13.0 Å². The van der Waals surface area contributed by atoms with Crippen molar-refractivity contribution in [3.63, 3.8) is 0 Å². The molecule has 0 atom stereocenters. The largest absolute Gasteiger partial charge is 0.352 e. The minimum absolute atomic E-state index is 0.355. The predicted molar refractivity (Wildman–Crippen MR) is 176 cm³/mol. The van der Waals surface area contributed by atoms with E-state index < -0.39 is 29.9 Å². The molecule has 0 aliphatic rings. The standard InChI is InChI=1S/C29H57N4O5PSi2/c1-25-30-27-26(28(34)31-29(35)32(27)2)33(25)23-21-19-17-15-13-11-9-10-12-14-16-18-20-22-24-39(36,37-40(3,4)5)38-41(6,7)8/h9-24H2,1-8H3,(H,31,34,35). The number of nitrogens with one attached hydrogen (secondary N) is 1. The summed E-state index contributed by atoms with van der Waals surface area (Å²) in [4.78, 5) is 31.0. The van der Waals surface area contributed by atoms with Crippen LogP contribution >= 0.6 is 7.60 Å². The molecule has 236 valence electrons. The number of fused-ring (bicyclic) bond motifs is 1. The molecule has 1 N–H and O–H groups in total. The molecule has 0 saturated carbocycles. The van der Waals surface area contributed by atoms with Crippen LogP contribution in [0, 0.1) is 6.92 Å². The lowest BCUT2D eigenvalue weighted by Gasteiger charge is -2.31. The fourth-order valence-electron chi connectivity index (χ4n) is 5.26. The van der Waals surface area contributed by atoms with E-state index in [0.29, 0.717) is 17.3 Å². The third kappa shape index (κ3) is 13.3. The van der Waals surface area contributed by atoms with Crippen LogP contribution in [0.1, 0.15) is 95.7 Å². The number of rotatable bonds is 21. The second-order valence-corrected chi connectivity index (χ2v) is 25.1. The van der Waals surface area contributed by atoms with E-state index in [9.17, 15) is 14.2 Å². The third-order valence-corrected chi connectivity index (χ3v) is 14.6. The Kier molecular flexibility index (Phi) is 14.5. The fraction of sp³-hybridized carbons (Fsp3) is 0.828. The molecule has 2 heterocycles. The predicted octanol–water partition coefficient (Wildman–Crippen LogP) is 8.09. The van der Waals surface area contributed by atoms with Crippen LogP contribution in [0.5, 0.6) is 0 Å². The molecule has 12 heteroatoms. The van der Waals surface area contributed by atoms with E-state index in [1.807, 2.05) is 11.5 Å². The highest BCUT2D eigenvalue weighted by molar-refractivity contribution is 7.57. The first-order valence-electron chi connectivity index (χ1n) is 15.8. The van der Waals surface area contributed by atoms with Crippen LogP contribution < -0.4 is 11.2 Å². The van der Waals surface area contributed by atoms with Crippen LogP contribution in [-0.4, -0.2) is 41.9 Å². The van der Waals surface area contributed by atoms with Crippen LogP contribution in [0.2, 0.25) is 39.3 Å². The van der Waals surface area contributed by atoms with Gasteiger partial charge in [0.15, 0.2) is 27.8 Å². The van der Waals surface area contributed by atoms with Crippen LogP contribution in [0.25, 0.3) is 11.2 Å². The van der Waals surface area contributed by atoms with E-state index in [0.717, 1.165) is 38.1 Å². The Morgan fingerprint density at radius 1 is 0.732 bits per heavy atom. The van der Waals surface area contributed by atoms with Gasteiger partial charge in [0, 0.05) is 19.8 Å². The zero-order valence-corrected chi connectivity index (χ0v) is 30.0. The molecule has 0 amide bonds. The topological polar surface area (TPSA) is 108 Å². The summed E-state index contributed by atoms with van der Waals surface area (Å²) in [5, 5.41) is 0. The zero-order valence-electron chi connectivity index (χ0n) is 27.1. The molecule has 41 heavy (non-hydrogen) atoms. The SMILES string of the molecule is Cc1nc2c(c(=O)[nH]c(=O)n2C)n1CCCCCCCCCCCCCCCCP(=O)(O[Si](C)(C)C)O[Si](C)(C)C. The maximum Gasteiger partial charge on any atom is 0.329 e. The molecular formula is C29H57N4O5PSi2. The zero-order chi connectivity index (χ0) is 30.7. The summed E-state index contributed by atoms with van der Waals surface area (Å²) in [6, 6.07) is 0. The van der Waals surface area contributed by atoms with Gasteiger partial charge in [-0.3, -0.25) is 18.9 Å². The molecule has 0 fully saturated rings. The number of aryl methyl sites for hydroxylation is 3. The molecule has 0 bridgehead atoms. The van der Waals surface area contributed by atoms with Crippen molar-refractivity contribution in [1.29, 1.82) is 0 Å². The maximum absolute atomic E-state index is 13.3. The molecule has 2 aromatic rings. The lowest BCUT2D eigenvalue weighted by Crippen LogP contribution is -2.30. The van der Waals surface area contributed by atoms with Crippen LogP contribution in [0.15, 0.2) is 9.59 Å². The highest BCUT2D eigenvalue weighted by Gasteiger charge is 2.35. The van der Waals surface area contributed by atoms with Gasteiger partial charge in [0.05, 0.1) is 0 Å². The minimum Gasteiger partial charge on any atom is -0.352 e. The third-order valence-electron chi connectivity index (χ3n) is 7.09.